The molecule has 0 aromatic heterocycles. The van der Waals surface area contributed by atoms with Gasteiger partial charge in [0.15, 0.2) is 7.14 Å². The molecule has 0 aliphatic heterocycles. The average Bonchev–Trinajstić information content (AvgIpc) is 2.01. The molecule has 0 bridgehead atoms. The second-order valence-electron chi connectivity index (χ2n) is 1.97. The Labute approximate surface area is 60.5 Å². The van der Waals surface area contributed by atoms with Crippen LogP contribution in [0.3, 0.4) is 0 Å². The van der Waals surface area contributed by atoms with Crippen LogP contribution in [0.1, 0.15) is 13.8 Å². The summed E-state index contributed by atoms with van der Waals surface area (Å²) >= 11 is 0. The zero-order chi connectivity index (χ0) is 8.20. The fourth-order valence-corrected chi connectivity index (χ4v) is 1.89. The highest BCUT2D eigenvalue weighted by atomic mass is 31.2. The highest BCUT2D eigenvalue weighted by Crippen LogP contribution is 2.44. The minimum atomic E-state index is -2.65. The van der Waals surface area contributed by atoms with Crippen molar-refractivity contribution < 1.29 is 9.36 Å². The summed E-state index contributed by atoms with van der Waals surface area (Å²) in [6.07, 6.45) is 0.763. The molecular formula is C5H13N2O2P. The molecule has 0 saturated carbocycles. The largest absolute Gasteiger partial charge is 0.313 e. The van der Waals surface area contributed by atoms with Crippen LogP contribution in [-0.4, -0.2) is 18.0 Å². The lowest BCUT2D eigenvalue weighted by atomic mass is 11.0. The highest BCUT2D eigenvalue weighted by molar-refractivity contribution is 7.80. The van der Waals surface area contributed by atoms with Gasteiger partial charge in [0.05, 0.1) is 0 Å². The van der Waals surface area contributed by atoms with Gasteiger partial charge in [0.25, 0.3) is 5.65 Å². The van der Waals surface area contributed by atoms with Crippen LogP contribution in [0.15, 0.2) is 0 Å². The molecular weight excluding hydrogens is 151 g/mol. The number of amides is 1. The molecule has 1 amide bonds. The molecule has 0 fully saturated rings. The first-order valence-corrected chi connectivity index (χ1v) is 5.27. The van der Waals surface area contributed by atoms with E-state index in [0.29, 0.717) is 12.3 Å². The topological polar surface area (TPSA) is 72.2 Å². The van der Waals surface area contributed by atoms with Crippen LogP contribution in [0.5, 0.6) is 0 Å². The molecule has 5 heteroatoms. The number of hydrogen-bond acceptors (Lipinski definition) is 3. The molecule has 0 aliphatic carbocycles. The van der Waals surface area contributed by atoms with Gasteiger partial charge in [-0.05, 0) is 0 Å². The summed E-state index contributed by atoms with van der Waals surface area (Å²) in [6.45, 7) is 3.44. The first-order valence-electron chi connectivity index (χ1n) is 3.20. The predicted octanol–water partition coefficient (Wildman–Crippen LogP) is 0.973. The van der Waals surface area contributed by atoms with Gasteiger partial charge in [-0.1, -0.05) is 13.8 Å². The first kappa shape index (κ1) is 9.66. The van der Waals surface area contributed by atoms with Gasteiger partial charge in [-0.25, -0.2) is 5.84 Å². The van der Waals surface area contributed by atoms with Crippen molar-refractivity contribution in [3.05, 3.63) is 0 Å². The van der Waals surface area contributed by atoms with Gasteiger partial charge in [-0.2, -0.15) is 0 Å². The third kappa shape index (κ3) is 1.82. The third-order valence-corrected chi connectivity index (χ3v) is 4.43. The van der Waals surface area contributed by atoms with Crippen LogP contribution in [0.4, 0.5) is 4.79 Å². The van der Waals surface area contributed by atoms with Gasteiger partial charge >= 0.3 is 0 Å². The Hall–Kier alpha value is -0.340. The van der Waals surface area contributed by atoms with E-state index >= 15 is 0 Å². The summed E-state index contributed by atoms with van der Waals surface area (Å²) in [5.41, 5.74) is 1.39. The molecule has 4 nitrogen and oxygen atoms in total. The Morgan fingerprint density at radius 1 is 1.50 bits per heavy atom. The van der Waals surface area contributed by atoms with Crippen molar-refractivity contribution in [2.45, 2.75) is 13.8 Å². The number of nitrogens with two attached hydrogens (primary N) is 1. The second-order valence-corrected chi connectivity index (χ2v) is 5.42. The molecule has 3 N–H and O–H groups in total. The molecule has 0 radical (unpaired) electrons. The molecule has 0 rings (SSSR count). The van der Waals surface area contributed by atoms with Crippen LogP contribution >= 0.6 is 7.14 Å². The fraction of sp³-hybridized carbons (Fsp3) is 0.800. The Balaban J connectivity index is 4.34. The number of hydrazine groups is 1. The number of hydrogen-bond donors (Lipinski definition) is 2. The summed E-state index contributed by atoms with van der Waals surface area (Å²) < 4.78 is 11.4. The van der Waals surface area contributed by atoms with Gasteiger partial charge < -0.3 is 4.57 Å². The fourth-order valence-electron chi connectivity index (χ4n) is 0.628. The quantitative estimate of drug-likeness (QED) is 0.282. The molecule has 0 aromatic carbocycles. The SMILES string of the molecule is CCP(=O)(CC)C(=O)NN. The normalized spacial score (nSPS) is 11.1. The van der Waals surface area contributed by atoms with E-state index in [-0.39, 0.29) is 0 Å². The zero-order valence-corrected chi connectivity index (χ0v) is 7.15. The Morgan fingerprint density at radius 2 is 1.90 bits per heavy atom. The lowest BCUT2D eigenvalue weighted by Gasteiger charge is -2.10. The van der Waals surface area contributed by atoms with E-state index in [1.807, 2.05) is 5.43 Å². The van der Waals surface area contributed by atoms with Crippen molar-refractivity contribution >= 4 is 12.8 Å². The number of nitrogens with one attached hydrogen (secondary N) is 1. The highest BCUT2D eigenvalue weighted by Gasteiger charge is 2.25. The average molecular weight is 164 g/mol. The molecule has 0 atom stereocenters. The predicted molar refractivity (Wildman–Crippen MR) is 41.4 cm³/mol. The van der Waals surface area contributed by atoms with Crippen molar-refractivity contribution in [3.63, 3.8) is 0 Å². The number of carbonyl (C=O) groups is 1. The van der Waals surface area contributed by atoms with E-state index in [1.165, 1.54) is 0 Å². The van der Waals surface area contributed by atoms with E-state index in [0.717, 1.165) is 0 Å². The van der Waals surface area contributed by atoms with Gasteiger partial charge in [-0.15, -0.1) is 0 Å². The van der Waals surface area contributed by atoms with Gasteiger partial charge in [-0.3, -0.25) is 10.2 Å². The maximum atomic E-state index is 11.4. The minimum Gasteiger partial charge on any atom is -0.313 e. The third-order valence-electron chi connectivity index (χ3n) is 1.52. The standard InChI is InChI=1S/C5H13N2O2P/c1-3-10(9,4-2)5(8)7-6/h3-4,6H2,1-2H3,(H,7,8). The van der Waals surface area contributed by atoms with Crippen molar-refractivity contribution in [2.24, 2.45) is 5.84 Å². The van der Waals surface area contributed by atoms with Crippen molar-refractivity contribution in [2.75, 3.05) is 12.3 Å². The maximum Gasteiger partial charge on any atom is 0.292 e. The van der Waals surface area contributed by atoms with Gasteiger partial charge in [0.1, 0.15) is 0 Å². The lowest BCUT2D eigenvalue weighted by Crippen LogP contribution is -2.29. The van der Waals surface area contributed by atoms with Gasteiger partial charge in [0, 0.05) is 12.3 Å². The van der Waals surface area contributed by atoms with Crippen molar-refractivity contribution in [1.29, 1.82) is 0 Å². The molecule has 0 unspecified atom stereocenters. The summed E-state index contributed by atoms with van der Waals surface area (Å²) in [4.78, 5) is 10.8. The van der Waals surface area contributed by atoms with Crippen molar-refractivity contribution in [1.82, 2.24) is 5.43 Å². The zero-order valence-electron chi connectivity index (χ0n) is 6.26. The van der Waals surface area contributed by atoms with E-state index in [2.05, 4.69) is 0 Å². The maximum absolute atomic E-state index is 11.4. The van der Waals surface area contributed by atoms with Crippen molar-refractivity contribution in [3.8, 4) is 0 Å². The molecule has 0 heterocycles. The van der Waals surface area contributed by atoms with Gasteiger partial charge in [0.2, 0.25) is 0 Å². The van der Waals surface area contributed by atoms with E-state index < -0.39 is 12.8 Å². The van der Waals surface area contributed by atoms with Crippen LogP contribution in [0.2, 0.25) is 0 Å². The monoisotopic (exact) mass is 164 g/mol. The van der Waals surface area contributed by atoms with E-state index in [1.54, 1.807) is 13.8 Å². The van der Waals surface area contributed by atoms with Crippen LogP contribution in [0.25, 0.3) is 0 Å². The summed E-state index contributed by atoms with van der Waals surface area (Å²) in [6, 6.07) is 0. The molecule has 0 saturated heterocycles. The molecule has 0 aromatic rings. The molecule has 0 spiro atoms. The number of carbonyl (C=O) groups excluding carboxylic acids is 1. The first-order chi connectivity index (χ1) is 4.60. The minimum absolute atomic E-state index is 0.381. The van der Waals surface area contributed by atoms with E-state index in [4.69, 9.17) is 5.84 Å². The van der Waals surface area contributed by atoms with Crippen LogP contribution in [-0.2, 0) is 4.57 Å². The Morgan fingerprint density at radius 3 is 2.00 bits per heavy atom. The van der Waals surface area contributed by atoms with Crippen LogP contribution < -0.4 is 11.3 Å². The summed E-state index contributed by atoms with van der Waals surface area (Å²) in [7, 11) is -2.65. The smallest absolute Gasteiger partial charge is 0.292 e. The summed E-state index contributed by atoms with van der Waals surface area (Å²) in [5.74, 6) is 4.84. The number of rotatable bonds is 3. The second kappa shape index (κ2) is 3.74. The Bertz CT molecular complexity index is 161. The molecule has 0 aliphatic rings. The summed E-state index contributed by atoms with van der Waals surface area (Å²) in [5, 5.41) is 0. The van der Waals surface area contributed by atoms with E-state index in [9.17, 15) is 9.36 Å². The Kier molecular flexibility index (Phi) is 3.61. The van der Waals surface area contributed by atoms with Crippen LogP contribution in [0, 0.1) is 0 Å². The molecule has 10 heavy (non-hydrogen) atoms. The molecule has 60 valence electrons. The lowest BCUT2D eigenvalue weighted by molar-refractivity contribution is 0.258.